The topological polar surface area (TPSA) is 29.3 Å². The average molecular weight is 242 g/mol. The third-order valence-corrected chi connectivity index (χ3v) is 3.52. The maximum atomic E-state index is 13.3. The second-order valence-electron chi connectivity index (χ2n) is 4.72. The van der Waals surface area contributed by atoms with Crippen molar-refractivity contribution in [1.82, 2.24) is 0 Å². The van der Waals surface area contributed by atoms with Crippen molar-refractivity contribution in [1.29, 1.82) is 0 Å². The van der Waals surface area contributed by atoms with Gasteiger partial charge < -0.3 is 10.6 Å². The molecule has 0 aliphatic carbocycles. The van der Waals surface area contributed by atoms with Crippen molar-refractivity contribution in [2.45, 2.75) is 13.3 Å². The van der Waals surface area contributed by atoms with Crippen LogP contribution in [0.25, 0.3) is 0 Å². The fraction of sp³-hybridized carbons (Fsp3) is 0.200. The smallest absolute Gasteiger partial charge is 0.125 e. The van der Waals surface area contributed by atoms with Crippen molar-refractivity contribution in [2.24, 2.45) is 0 Å². The molecule has 92 valence electrons. The molecule has 0 spiro atoms. The minimum absolute atomic E-state index is 0.194. The SMILES string of the molecule is Cc1ccc(N2CCc3ccc(F)cc32)cc1N. The number of nitrogen functional groups attached to an aromatic ring is 1. The van der Waals surface area contributed by atoms with Gasteiger partial charge in [0.25, 0.3) is 0 Å². The molecular formula is C15H15FN2. The fourth-order valence-corrected chi connectivity index (χ4v) is 2.42. The van der Waals surface area contributed by atoms with E-state index in [0.29, 0.717) is 0 Å². The monoisotopic (exact) mass is 242 g/mol. The molecule has 2 aromatic rings. The first-order valence-corrected chi connectivity index (χ1v) is 6.07. The number of halogens is 1. The highest BCUT2D eigenvalue weighted by Crippen LogP contribution is 2.35. The zero-order valence-corrected chi connectivity index (χ0v) is 10.3. The Bertz CT molecular complexity index is 607. The van der Waals surface area contributed by atoms with E-state index in [2.05, 4.69) is 4.90 Å². The van der Waals surface area contributed by atoms with Crippen LogP contribution in [0.5, 0.6) is 0 Å². The van der Waals surface area contributed by atoms with Gasteiger partial charge >= 0.3 is 0 Å². The standard InChI is InChI=1S/C15H15FN2/c1-10-2-5-13(9-14(10)17)18-7-6-11-3-4-12(16)8-15(11)18/h2-5,8-9H,6-7,17H2,1H3. The maximum Gasteiger partial charge on any atom is 0.125 e. The molecule has 1 heterocycles. The lowest BCUT2D eigenvalue weighted by Gasteiger charge is -2.20. The summed E-state index contributed by atoms with van der Waals surface area (Å²) >= 11 is 0. The van der Waals surface area contributed by atoms with Gasteiger partial charge in [0.2, 0.25) is 0 Å². The average Bonchev–Trinajstić information content (AvgIpc) is 2.75. The van der Waals surface area contributed by atoms with E-state index >= 15 is 0 Å². The molecule has 2 aromatic carbocycles. The summed E-state index contributed by atoms with van der Waals surface area (Å²) in [7, 11) is 0. The third kappa shape index (κ3) is 1.72. The van der Waals surface area contributed by atoms with Crippen LogP contribution in [0.15, 0.2) is 36.4 Å². The van der Waals surface area contributed by atoms with Gasteiger partial charge in [-0.05, 0) is 48.7 Å². The molecule has 1 aliphatic heterocycles. The number of nitrogens with two attached hydrogens (primary N) is 1. The van der Waals surface area contributed by atoms with Crippen molar-refractivity contribution < 1.29 is 4.39 Å². The molecule has 2 nitrogen and oxygen atoms in total. The number of anilines is 3. The molecular weight excluding hydrogens is 227 g/mol. The van der Waals surface area contributed by atoms with Crippen LogP contribution in [0.3, 0.4) is 0 Å². The molecule has 0 radical (unpaired) electrons. The molecule has 1 aliphatic rings. The predicted octanol–water partition coefficient (Wildman–Crippen LogP) is 3.41. The molecule has 0 atom stereocenters. The Kier molecular flexibility index (Phi) is 2.47. The van der Waals surface area contributed by atoms with Gasteiger partial charge in [0, 0.05) is 23.6 Å². The summed E-state index contributed by atoms with van der Waals surface area (Å²) in [4.78, 5) is 2.12. The quantitative estimate of drug-likeness (QED) is 0.776. The van der Waals surface area contributed by atoms with E-state index in [9.17, 15) is 4.39 Å². The Balaban J connectivity index is 2.05. The molecule has 2 N–H and O–H groups in total. The predicted molar refractivity (Wildman–Crippen MR) is 72.7 cm³/mol. The molecule has 3 heteroatoms. The van der Waals surface area contributed by atoms with E-state index in [1.165, 1.54) is 11.6 Å². The zero-order chi connectivity index (χ0) is 12.7. The van der Waals surface area contributed by atoms with Crippen molar-refractivity contribution in [3.05, 3.63) is 53.3 Å². The van der Waals surface area contributed by atoms with Crippen molar-refractivity contribution >= 4 is 17.1 Å². The van der Waals surface area contributed by atoms with E-state index < -0.39 is 0 Å². The van der Waals surface area contributed by atoms with E-state index in [0.717, 1.165) is 35.6 Å². The Morgan fingerprint density at radius 1 is 1.17 bits per heavy atom. The number of fused-ring (bicyclic) bond motifs is 1. The molecule has 0 aromatic heterocycles. The molecule has 3 rings (SSSR count). The first-order valence-electron chi connectivity index (χ1n) is 6.07. The molecule has 0 bridgehead atoms. The second-order valence-corrected chi connectivity index (χ2v) is 4.72. The molecule has 0 unspecified atom stereocenters. The van der Waals surface area contributed by atoms with Crippen LogP contribution in [0.4, 0.5) is 21.5 Å². The summed E-state index contributed by atoms with van der Waals surface area (Å²) < 4.78 is 13.3. The van der Waals surface area contributed by atoms with Crippen LogP contribution in [0.1, 0.15) is 11.1 Å². The van der Waals surface area contributed by atoms with Crippen LogP contribution in [-0.2, 0) is 6.42 Å². The normalized spacial score (nSPS) is 13.8. The molecule has 0 amide bonds. The minimum Gasteiger partial charge on any atom is -0.398 e. The highest BCUT2D eigenvalue weighted by molar-refractivity contribution is 5.72. The van der Waals surface area contributed by atoms with Gasteiger partial charge in [0.05, 0.1) is 0 Å². The molecule has 18 heavy (non-hydrogen) atoms. The van der Waals surface area contributed by atoms with Gasteiger partial charge in [-0.1, -0.05) is 12.1 Å². The Hall–Kier alpha value is -2.03. The van der Waals surface area contributed by atoms with Crippen LogP contribution >= 0.6 is 0 Å². The first kappa shape index (κ1) is 11.1. The lowest BCUT2D eigenvalue weighted by atomic mass is 10.1. The van der Waals surface area contributed by atoms with Crippen molar-refractivity contribution in [3.63, 3.8) is 0 Å². The number of rotatable bonds is 1. The van der Waals surface area contributed by atoms with Gasteiger partial charge in [0.1, 0.15) is 5.82 Å². The van der Waals surface area contributed by atoms with Crippen LogP contribution in [-0.4, -0.2) is 6.54 Å². The zero-order valence-electron chi connectivity index (χ0n) is 10.3. The number of hydrogen-bond donors (Lipinski definition) is 1. The van der Waals surface area contributed by atoms with Crippen LogP contribution < -0.4 is 10.6 Å². The summed E-state index contributed by atoms with van der Waals surface area (Å²) in [6, 6.07) is 11.0. The highest BCUT2D eigenvalue weighted by atomic mass is 19.1. The van der Waals surface area contributed by atoms with E-state index in [-0.39, 0.29) is 5.82 Å². The van der Waals surface area contributed by atoms with E-state index in [1.807, 2.05) is 31.2 Å². The number of hydrogen-bond acceptors (Lipinski definition) is 2. The van der Waals surface area contributed by atoms with Gasteiger partial charge in [-0.3, -0.25) is 0 Å². The largest absolute Gasteiger partial charge is 0.398 e. The lowest BCUT2D eigenvalue weighted by Crippen LogP contribution is -2.13. The van der Waals surface area contributed by atoms with Gasteiger partial charge in [-0.25, -0.2) is 4.39 Å². The Morgan fingerprint density at radius 3 is 2.78 bits per heavy atom. The van der Waals surface area contributed by atoms with Gasteiger partial charge in [0.15, 0.2) is 0 Å². The van der Waals surface area contributed by atoms with Gasteiger partial charge in [-0.2, -0.15) is 0 Å². The van der Waals surface area contributed by atoms with Crippen LogP contribution in [0, 0.1) is 12.7 Å². The number of benzene rings is 2. The minimum atomic E-state index is -0.194. The second kappa shape index (κ2) is 4.02. The number of aryl methyl sites for hydroxylation is 1. The fourth-order valence-electron chi connectivity index (χ4n) is 2.42. The van der Waals surface area contributed by atoms with Crippen LogP contribution in [0.2, 0.25) is 0 Å². The summed E-state index contributed by atoms with van der Waals surface area (Å²) in [6.45, 7) is 2.86. The van der Waals surface area contributed by atoms with Crippen molar-refractivity contribution in [3.8, 4) is 0 Å². The van der Waals surface area contributed by atoms with Gasteiger partial charge in [-0.15, -0.1) is 0 Å². The summed E-state index contributed by atoms with van der Waals surface area (Å²) in [6.07, 6.45) is 0.948. The van der Waals surface area contributed by atoms with E-state index in [1.54, 1.807) is 6.07 Å². The maximum absolute atomic E-state index is 13.3. The third-order valence-electron chi connectivity index (χ3n) is 3.52. The summed E-state index contributed by atoms with van der Waals surface area (Å²) in [5.41, 5.74) is 11.0. The Morgan fingerprint density at radius 2 is 2.00 bits per heavy atom. The molecule has 0 fully saturated rings. The van der Waals surface area contributed by atoms with Crippen molar-refractivity contribution in [2.75, 3.05) is 17.2 Å². The van der Waals surface area contributed by atoms with E-state index in [4.69, 9.17) is 5.73 Å². The summed E-state index contributed by atoms with van der Waals surface area (Å²) in [5, 5.41) is 0. The summed E-state index contributed by atoms with van der Waals surface area (Å²) in [5.74, 6) is -0.194. The number of nitrogens with zero attached hydrogens (tertiary/aromatic N) is 1. The highest BCUT2D eigenvalue weighted by Gasteiger charge is 2.21. The first-order chi connectivity index (χ1) is 8.65. The molecule has 0 saturated carbocycles. The lowest BCUT2D eigenvalue weighted by molar-refractivity contribution is 0.628. The Labute approximate surface area is 106 Å². The molecule has 0 saturated heterocycles.